The number of ether oxygens (including phenoxy) is 1. The smallest absolute Gasteiger partial charge is 0.309 e. The summed E-state index contributed by atoms with van der Waals surface area (Å²) in [5.41, 5.74) is 2.15. The third-order valence-electron chi connectivity index (χ3n) is 3.42. The SMILES string of the molecule is COC(=O)Cc1ccc2nc(-c3ccc([N+](=O)[O-])cc3Cl)oc2c1. The highest BCUT2D eigenvalue weighted by atomic mass is 35.5. The van der Waals surface area contributed by atoms with Crippen molar-refractivity contribution in [3.8, 4) is 11.5 Å². The normalized spacial score (nSPS) is 10.8. The zero-order valence-electron chi connectivity index (χ0n) is 12.5. The predicted octanol–water partition coefficient (Wildman–Crippen LogP) is 3.77. The highest BCUT2D eigenvalue weighted by Gasteiger charge is 2.16. The second kappa shape index (κ2) is 6.29. The first-order chi connectivity index (χ1) is 11.5. The van der Waals surface area contributed by atoms with Crippen LogP contribution in [0.25, 0.3) is 22.6 Å². The molecule has 24 heavy (non-hydrogen) atoms. The van der Waals surface area contributed by atoms with Gasteiger partial charge in [0.25, 0.3) is 5.69 Å². The molecule has 3 rings (SSSR count). The van der Waals surface area contributed by atoms with Gasteiger partial charge in [-0.15, -0.1) is 0 Å². The maximum Gasteiger partial charge on any atom is 0.309 e. The number of nitro benzene ring substituents is 1. The molecular weight excluding hydrogens is 336 g/mol. The zero-order valence-corrected chi connectivity index (χ0v) is 13.2. The molecule has 2 aromatic carbocycles. The van der Waals surface area contributed by atoms with Crippen molar-refractivity contribution in [1.29, 1.82) is 0 Å². The van der Waals surface area contributed by atoms with Gasteiger partial charge in [0.1, 0.15) is 5.52 Å². The van der Waals surface area contributed by atoms with E-state index in [0.29, 0.717) is 16.7 Å². The second-order valence-electron chi connectivity index (χ2n) is 5.00. The zero-order chi connectivity index (χ0) is 17.3. The van der Waals surface area contributed by atoms with Crippen molar-refractivity contribution < 1.29 is 18.9 Å². The van der Waals surface area contributed by atoms with Crippen molar-refractivity contribution in [2.45, 2.75) is 6.42 Å². The summed E-state index contributed by atoms with van der Waals surface area (Å²) in [5.74, 6) is -0.104. The lowest BCUT2D eigenvalue weighted by molar-refractivity contribution is -0.384. The van der Waals surface area contributed by atoms with Crippen LogP contribution in [0.1, 0.15) is 5.56 Å². The van der Waals surface area contributed by atoms with Gasteiger partial charge in [-0.05, 0) is 23.8 Å². The van der Waals surface area contributed by atoms with Crippen LogP contribution in [0.2, 0.25) is 5.02 Å². The number of aromatic nitrogens is 1. The lowest BCUT2D eigenvalue weighted by Crippen LogP contribution is -2.03. The number of nitrogens with zero attached hydrogens (tertiary/aromatic N) is 2. The fourth-order valence-electron chi connectivity index (χ4n) is 2.22. The molecule has 0 saturated heterocycles. The summed E-state index contributed by atoms with van der Waals surface area (Å²) in [4.78, 5) is 25.9. The van der Waals surface area contributed by atoms with Gasteiger partial charge in [-0.3, -0.25) is 14.9 Å². The van der Waals surface area contributed by atoms with Crippen LogP contribution in [-0.4, -0.2) is 23.0 Å². The molecule has 0 bridgehead atoms. The number of hydrogen-bond donors (Lipinski definition) is 0. The monoisotopic (exact) mass is 346 g/mol. The largest absolute Gasteiger partial charge is 0.469 e. The summed E-state index contributed by atoms with van der Waals surface area (Å²) in [6, 6.07) is 9.23. The number of esters is 1. The van der Waals surface area contributed by atoms with Crippen molar-refractivity contribution in [3.63, 3.8) is 0 Å². The minimum Gasteiger partial charge on any atom is -0.469 e. The molecule has 0 aliphatic carbocycles. The fourth-order valence-corrected chi connectivity index (χ4v) is 2.48. The summed E-state index contributed by atoms with van der Waals surface area (Å²) in [6.45, 7) is 0. The van der Waals surface area contributed by atoms with Crippen LogP contribution >= 0.6 is 11.6 Å². The predicted molar refractivity (Wildman–Crippen MR) is 86.8 cm³/mol. The van der Waals surface area contributed by atoms with Gasteiger partial charge in [-0.25, -0.2) is 4.98 Å². The quantitative estimate of drug-likeness (QED) is 0.405. The van der Waals surface area contributed by atoms with Gasteiger partial charge in [0, 0.05) is 12.1 Å². The van der Waals surface area contributed by atoms with Gasteiger partial charge in [-0.2, -0.15) is 0 Å². The number of non-ortho nitro benzene ring substituents is 1. The maximum absolute atomic E-state index is 11.3. The molecular formula is C16H11ClN2O5. The lowest BCUT2D eigenvalue weighted by atomic mass is 10.1. The third-order valence-corrected chi connectivity index (χ3v) is 3.74. The molecule has 0 unspecified atom stereocenters. The summed E-state index contributed by atoms with van der Waals surface area (Å²) in [6.07, 6.45) is 0.126. The summed E-state index contributed by atoms with van der Waals surface area (Å²) < 4.78 is 10.3. The molecule has 3 aromatic rings. The molecule has 0 saturated carbocycles. The van der Waals surface area contributed by atoms with Crippen LogP contribution in [0.5, 0.6) is 0 Å². The van der Waals surface area contributed by atoms with Crippen molar-refractivity contribution >= 4 is 34.4 Å². The average molecular weight is 347 g/mol. The molecule has 0 amide bonds. The van der Waals surface area contributed by atoms with Gasteiger partial charge in [0.15, 0.2) is 5.58 Å². The second-order valence-corrected chi connectivity index (χ2v) is 5.40. The van der Waals surface area contributed by atoms with Crippen molar-refractivity contribution in [2.24, 2.45) is 0 Å². The maximum atomic E-state index is 11.3. The Morgan fingerprint density at radius 3 is 2.79 bits per heavy atom. The number of oxazole rings is 1. The molecule has 7 nitrogen and oxygen atoms in total. The fraction of sp³-hybridized carbons (Fsp3) is 0.125. The molecule has 0 N–H and O–H groups in total. The molecule has 0 radical (unpaired) electrons. The number of benzene rings is 2. The van der Waals surface area contributed by atoms with Gasteiger partial charge >= 0.3 is 5.97 Å². The van der Waals surface area contributed by atoms with E-state index in [1.807, 2.05) is 0 Å². The molecule has 0 fully saturated rings. The number of carbonyl (C=O) groups is 1. The van der Waals surface area contributed by atoms with Crippen LogP contribution in [-0.2, 0) is 16.0 Å². The Labute approximate surface area is 141 Å². The van der Waals surface area contributed by atoms with Crippen LogP contribution in [0, 0.1) is 10.1 Å². The summed E-state index contributed by atoms with van der Waals surface area (Å²) >= 11 is 6.09. The van der Waals surface area contributed by atoms with E-state index in [2.05, 4.69) is 9.72 Å². The molecule has 1 heterocycles. The van der Waals surface area contributed by atoms with Gasteiger partial charge in [0.2, 0.25) is 5.89 Å². The van der Waals surface area contributed by atoms with E-state index < -0.39 is 4.92 Å². The molecule has 0 spiro atoms. The lowest BCUT2D eigenvalue weighted by Gasteiger charge is -1.99. The Hall–Kier alpha value is -2.93. The van der Waals surface area contributed by atoms with Crippen molar-refractivity contribution in [2.75, 3.05) is 7.11 Å². The Morgan fingerprint density at radius 1 is 1.33 bits per heavy atom. The van der Waals surface area contributed by atoms with E-state index in [0.717, 1.165) is 5.56 Å². The molecule has 8 heteroatoms. The molecule has 0 atom stereocenters. The van der Waals surface area contributed by atoms with E-state index in [1.54, 1.807) is 18.2 Å². The summed E-state index contributed by atoms with van der Waals surface area (Å²) in [5, 5.41) is 10.9. The Balaban J connectivity index is 1.99. The van der Waals surface area contributed by atoms with Gasteiger partial charge in [-0.1, -0.05) is 17.7 Å². The Kier molecular flexibility index (Phi) is 4.18. The van der Waals surface area contributed by atoms with E-state index in [9.17, 15) is 14.9 Å². The minimum absolute atomic E-state index is 0.111. The van der Waals surface area contributed by atoms with Crippen LogP contribution in [0.15, 0.2) is 40.8 Å². The minimum atomic E-state index is -0.527. The number of methoxy groups -OCH3 is 1. The third kappa shape index (κ3) is 3.07. The van der Waals surface area contributed by atoms with Crippen LogP contribution < -0.4 is 0 Å². The standard InChI is InChI=1S/C16H11ClN2O5/c1-23-15(20)7-9-2-5-13-14(6-9)24-16(18-13)11-4-3-10(19(21)22)8-12(11)17/h2-6,8H,7H2,1H3. The Morgan fingerprint density at radius 2 is 2.12 bits per heavy atom. The number of rotatable bonds is 4. The molecule has 122 valence electrons. The molecule has 1 aromatic heterocycles. The number of halogens is 1. The van der Waals surface area contributed by atoms with Crippen molar-refractivity contribution in [3.05, 3.63) is 57.1 Å². The first-order valence-corrected chi connectivity index (χ1v) is 7.26. The highest BCUT2D eigenvalue weighted by Crippen LogP contribution is 2.32. The topological polar surface area (TPSA) is 95.5 Å². The van der Waals surface area contributed by atoms with E-state index in [1.165, 1.54) is 25.3 Å². The van der Waals surface area contributed by atoms with E-state index >= 15 is 0 Å². The number of fused-ring (bicyclic) bond motifs is 1. The van der Waals surface area contributed by atoms with Crippen molar-refractivity contribution in [1.82, 2.24) is 4.98 Å². The van der Waals surface area contributed by atoms with Gasteiger partial charge < -0.3 is 9.15 Å². The van der Waals surface area contributed by atoms with Gasteiger partial charge in [0.05, 0.1) is 29.0 Å². The molecule has 0 aliphatic rings. The Bertz CT molecular complexity index is 951. The van der Waals surface area contributed by atoms with E-state index in [4.69, 9.17) is 16.0 Å². The van der Waals surface area contributed by atoms with Crippen LogP contribution in [0.4, 0.5) is 5.69 Å². The number of nitro groups is 1. The average Bonchev–Trinajstić information content (AvgIpc) is 2.97. The van der Waals surface area contributed by atoms with E-state index in [-0.39, 0.29) is 29.0 Å². The number of carbonyl (C=O) groups excluding carboxylic acids is 1. The van der Waals surface area contributed by atoms with Crippen LogP contribution in [0.3, 0.4) is 0 Å². The highest BCUT2D eigenvalue weighted by molar-refractivity contribution is 6.33. The molecule has 0 aliphatic heterocycles. The first kappa shape index (κ1) is 15.9. The summed E-state index contributed by atoms with van der Waals surface area (Å²) in [7, 11) is 1.32. The number of hydrogen-bond acceptors (Lipinski definition) is 6. The first-order valence-electron chi connectivity index (χ1n) is 6.88.